The van der Waals surface area contributed by atoms with Crippen LogP contribution in [0.1, 0.15) is 0 Å². The van der Waals surface area contributed by atoms with Gasteiger partial charge in [-0.15, -0.1) is 6.42 Å². The number of nitrogens with zero attached hydrogens (tertiary/aromatic N) is 4. The largest absolute Gasteiger partial charge is 0.497 e. The van der Waals surface area contributed by atoms with Crippen LogP contribution in [-0.4, -0.2) is 31.1 Å². The highest BCUT2D eigenvalue weighted by atomic mass is 79.9. The lowest BCUT2D eigenvalue weighted by atomic mass is 10.2. The molecule has 0 N–H and O–H groups in total. The van der Waals surface area contributed by atoms with Gasteiger partial charge in [0, 0.05) is 24.5 Å². The topological polar surface area (TPSA) is 71.1 Å². The van der Waals surface area contributed by atoms with E-state index >= 15 is 0 Å². The summed E-state index contributed by atoms with van der Waals surface area (Å²) in [5.74, 6) is 3.61. The van der Waals surface area contributed by atoms with Crippen LogP contribution in [0.15, 0.2) is 33.9 Å². The van der Waals surface area contributed by atoms with Crippen molar-refractivity contribution < 1.29 is 4.74 Å². The predicted octanol–water partition coefficient (Wildman–Crippen LogP) is 1.60. The van der Waals surface area contributed by atoms with Crippen molar-refractivity contribution in [3.05, 3.63) is 45.1 Å². The number of methoxy groups -OCH3 is 1. The van der Waals surface area contributed by atoms with Crippen molar-refractivity contribution in [2.24, 2.45) is 7.05 Å². The van der Waals surface area contributed by atoms with Gasteiger partial charge in [0.15, 0.2) is 11.2 Å². The van der Waals surface area contributed by atoms with Gasteiger partial charge < -0.3 is 9.30 Å². The van der Waals surface area contributed by atoms with E-state index in [9.17, 15) is 9.59 Å². The van der Waals surface area contributed by atoms with Gasteiger partial charge in [-0.1, -0.05) is 34.0 Å². The summed E-state index contributed by atoms with van der Waals surface area (Å²) in [6.07, 6.45) is 5.33. The maximum absolute atomic E-state index is 12.8. The second kappa shape index (κ2) is 7.22. The van der Waals surface area contributed by atoms with Crippen LogP contribution < -0.4 is 16.0 Å². The predicted molar refractivity (Wildman–Crippen MR) is 104 cm³/mol. The van der Waals surface area contributed by atoms with E-state index in [1.807, 2.05) is 24.3 Å². The first-order chi connectivity index (χ1) is 12.5. The number of terminal acetylenes is 1. The Morgan fingerprint density at radius 2 is 2.08 bits per heavy atom. The Bertz CT molecular complexity index is 1130. The first kappa shape index (κ1) is 18.0. The summed E-state index contributed by atoms with van der Waals surface area (Å²) in [5, 5.41) is 0.543. The fourth-order valence-corrected chi connectivity index (χ4v) is 3.25. The number of imidazole rings is 1. The number of hydrogen-bond acceptors (Lipinski definition) is 4. The normalized spacial score (nSPS) is 10.8. The summed E-state index contributed by atoms with van der Waals surface area (Å²) < 4.78 is 9.47. The molecule has 8 heteroatoms. The number of fused-ring (bicyclic) bond motifs is 1. The molecular weight excluding hydrogens is 400 g/mol. The van der Waals surface area contributed by atoms with Crippen molar-refractivity contribution in [3.8, 4) is 29.5 Å². The lowest BCUT2D eigenvalue weighted by Crippen LogP contribution is -2.40. The molecule has 1 aromatic carbocycles. The first-order valence-electron chi connectivity index (χ1n) is 7.87. The molecule has 0 aliphatic heterocycles. The minimum atomic E-state index is -0.463. The second-order valence-electron chi connectivity index (χ2n) is 5.62. The number of rotatable bonds is 5. The van der Waals surface area contributed by atoms with E-state index in [-0.39, 0.29) is 6.54 Å². The summed E-state index contributed by atoms with van der Waals surface area (Å²) in [7, 11) is 3.33. The molecule has 0 saturated carbocycles. The molecule has 2 heterocycles. The van der Waals surface area contributed by atoms with Gasteiger partial charge in [0.1, 0.15) is 11.6 Å². The second-order valence-corrected chi connectivity index (χ2v) is 6.41. The van der Waals surface area contributed by atoms with Gasteiger partial charge in [0.2, 0.25) is 0 Å². The third-order valence-corrected chi connectivity index (χ3v) is 4.48. The number of ether oxygens (including phenoxy) is 1. The Kier molecular flexibility index (Phi) is 5.00. The van der Waals surface area contributed by atoms with Crippen LogP contribution in [0.3, 0.4) is 0 Å². The molecule has 0 aliphatic carbocycles. The van der Waals surface area contributed by atoms with Crippen LogP contribution in [0.5, 0.6) is 5.75 Å². The molecule has 26 heavy (non-hydrogen) atoms. The van der Waals surface area contributed by atoms with Gasteiger partial charge in [-0.2, -0.15) is 0 Å². The quantitative estimate of drug-likeness (QED) is 0.467. The monoisotopic (exact) mass is 416 g/mol. The lowest BCUT2D eigenvalue weighted by molar-refractivity contribution is 0.415. The van der Waals surface area contributed by atoms with Crippen molar-refractivity contribution >= 4 is 27.1 Å². The van der Waals surface area contributed by atoms with Crippen LogP contribution in [0, 0.1) is 12.3 Å². The van der Waals surface area contributed by atoms with Crippen molar-refractivity contribution in [2.75, 3.05) is 12.4 Å². The summed E-state index contributed by atoms with van der Waals surface area (Å²) in [6, 6.07) is 7.37. The van der Waals surface area contributed by atoms with Crippen LogP contribution in [0.2, 0.25) is 0 Å². The molecule has 0 fully saturated rings. The van der Waals surface area contributed by atoms with E-state index in [1.165, 1.54) is 4.57 Å². The molecule has 2 aromatic heterocycles. The molecule has 0 saturated heterocycles. The van der Waals surface area contributed by atoms with Gasteiger partial charge in [-0.3, -0.25) is 9.36 Å². The zero-order valence-corrected chi connectivity index (χ0v) is 16.0. The molecule has 7 nitrogen and oxygen atoms in total. The van der Waals surface area contributed by atoms with Crippen molar-refractivity contribution in [3.63, 3.8) is 0 Å². The molecule has 0 radical (unpaired) electrons. The number of benzene rings is 1. The molecule has 0 aliphatic rings. The SMILES string of the molecule is C#CCn1c(=O)c2c(nc(-c3cccc(OC)c3)n2C)n(CCBr)c1=O. The van der Waals surface area contributed by atoms with Crippen LogP contribution >= 0.6 is 15.9 Å². The Balaban J connectivity index is 2.39. The molecule has 0 unspecified atom stereocenters. The highest BCUT2D eigenvalue weighted by Crippen LogP contribution is 2.25. The summed E-state index contributed by atoms with van der Waals surface area (Å²) >= 11 is 3.34. The molecule has 0 bridgehead atoms. The average molecular weight is 417 g/mol. The van der Waals surface area contributed by atoms with Gasteiger partial charge in [0.05, 0.1) is 13.7 Å². The number of hydrogen-bond donors (Lipinski definition) is 0. The third kappa shape index (κ3) is 2.84. The van der Waals surface area contributed by atoms with Gasteiger partial charge in [-0.25, -0.2) is 14.3 Å². The van der Waals surface area contributed by atoms with E-state index in [4.69, 9.17) is 11.2 Å². The smallest absolute Gasteiger partial charge is 0.333 e. The van der Waals surface area contributed by atoms with Crippen LogP contribution in [0.25, 0.3) is 22.6 Å². The maximum atomic E-state index is 12.8. The van der Waals surface area contributed by atoms with Crippen molar-refractivity contribution in [1.82, 2.24) is 18.7 Å². The maximum Gasteiger partial charge on any atom is 0.333 e. The van der Waals surface area contributed by atoms with Gasteiger partial charge in [0.25, 0.3) is 5.56 Å². The van der Waals surface area contributed by atoms with E-state index in [2.05, 4.69) is 26.8 Å². The lowest BCUT2D eigenvalue weighted by Gasteiger charge is -2.08. The zero-order chi connectivity index (χ0) is 18.8. The van der Waals surface area contributed by atoms with Crippen LogP contribution in [0.4, 0.5) is 0 Å². The molecular formula is C18H17BrN4O3. The van der Waals surface area contributed by atoms with Crippen LogP contribution in [-0.2, 0) is 20.1 Å². The first-order valence-corrected chi connectivity index (χ1v) is 8.99. The number of aryl methyl sites for hydroxylation is 2. The minimum Gasteiger partial charge on any atom is -0.497 e. The Labute approximate surface area is 158 Å². The highest BCUT2D eigenvalue weighted by Gasteiger charge is 2.20. The number of alkyl halides is 1. The van der Waals surface area contributed by atoms with E-state index in [1.54, 1.807) is 18.7 Å². The molecule has 0 spiro atoms. The molecule has 134 valence electrons. The third-order valence-electron chi connectivity index (χ3n) is 4.13. The highest BCUT2D eigenvalue weighted by molar-refractivity contribution is 9.09. The molecule has 0 atom stereocenters. The van der Waals surface area contributed by atoms with Gasteiger partial charge in [-0.05, 0) is 12.1 Å². The van der Waals surface area contributed by atoms with Crippen molar-refractivity contribution in [2.45, 2.75) is 13.1 Å². The zero-order valence-electron chi connectivity index (χ0n) is 14.4. The van der Waals surface area contributed by atoms with E-state index in [0.717, 1.165) is 10.1 Å². The summed E-state index contributed by atoms with van der Waals surface area (Å²) in [5.41, 5.74) is 0.545. The Hall–Kier alpha value is -2.79. The number of aromatic nitrogens is 4. The fourth-order valence-electron chi connectivity index (χ4n) is 2.90. The number of halogens is 1. The molecule has 0 amide bonds. The van der Waals surface area contributed by atoms with E-state index < -0.39 is 11.2 Å². The van der Waals surface area contributed by atoms with E-state index in [0.29, 0.717) is 34.6 Å². The molecule has 3 aromatic rings. The minimum absolute atomic E-state index is 0.0877. The summed E-state index contributed by atoms with van der Waals surface area (Å²) in [4.78, 5) is 30.1. The van der Waals surface area contributed by atoms with Crippen molar-refractivity contribution in [1.29, 1.82) is 0 Å². The average Bonchev–Trinajstić information content (AvgIpc) is 2.99. The molecule has 3 rings (SSSR count). The Morgan fingerprint density at radius 1 is 1.31 bits per heavy atom. The van der Waals surface area contributed by atoms with Gasteiger partial charge >= 0.3 is 5.69 Å². The fraction of sp³-hybridized carbons (Fsp3) is 0.278. The summed E-state index contributed by atoms with van der Waals surface area (Å²) in [6.45, 7) is 0.282. The standard InChI is InChI=1S/C18H17BrN4O3/c1-4-9-23-17(24)14-16(22(10-8-19)18(23)25)20-15(21(14)2)12-6-5-7-13(11-12)26-3/h1,5-7,11H,8-10H2,2-3H3. The Morgan fingerprint density at radius 3 is 2.73 bits per heavy atom.